The van der Waals surface area contributed by atoms with E-state index in [0.29, 0.717) is 17.4 Å². The van der Waals surface area contributed by atoms with Crippen LogP contribution in [0.2, 0.25) is 0 Å². The molecule has 10 heteroatoms. The summed E-state index contributed by atoms with van der Waals surface area (Å²) in [6.45, 7) is 1.56. The number of rotatable bonds is 5. The summed E-state index contributed by atoms with van der Waals surface area (Å²) in [6, 6.07) is 4.13. The topological polar surface area (TPSA) is 95.6 Å². The van der Waals surface area contributed by atoms with Crippen molar-refractivity contribution in [1.29, 1.82) is 0 Å². The number of amides is 1. The summed E-state index contributed by atoms with van der Waals surface area (Å²) in [6.07, 6.45) is 0.859. The van der Waals surface area contributed by atoms with Gasteiger partial charge in [-0.2, -0.15) is 5.10 Å². The molecule has 0 fully saturated rings. The van der Waals surface area contributed by atoms with Gasteiger partial charge in [-0.05, 0) is 11.4 Å². The van der Waals surface area contributed by atoms with E-state index in [1.807, 2.05) is 6.07 Å². The molecule has 1 aliphatic heterocycles. The van der Waals surface area contributed by atoms with Gasteiger partial charge in [0.05, 0.1) is 0 Å². The summed E-state index contributed by atoms with van der Waals surface area (Å²) in [5.74, 6) is 0.612. The van der Waals surface area contributed by atoms with Crippen molar-refractivity contribution >= 4 is 45.5 Å². The van der Waals surface area contributed by atoms with Crippen LogP contribution in [0.25, 0.3) is 0 Å². The van der Waals surface area contributed by atoms with Gasteiger partial charge < -0.3 is 5.32 Å². The van der Waals surface area contributed by atoms with Crippen molar-refractivity contribution in [2.24, 2.45) is 0 Å². The van der Waals surface area contributed by atoms with E-state index in [-0.39, 0.29) is 5.91 Å². The number of nitrogens with zero attached hydrogens (tertiary/aromatic N) is 3. The van der Waals surface area contributed by atoms with E-state index in [4.69, 9.17) is 0 Å². The van der Waals surface area contributed by atoms with Crippen LogP contribution in [-0.4, -0.2) is 32.8 Å². The maximum atomic E-state index is 12.4. The zero-order chi connectivity index (χ0) is 16.4. The standard InChI is InChI=1S/C14H14N6OS3/c21-12(11-9-6-15-4-3-10(9)17-18-11)16-13-19-20-14(24-13)23-7-8-2-1-5-22-8/h1-2,5,15H,3-4,6-7H2,(H,17,18)(H,16,19,21). The van der Waals surface area contributed by atoms with Crippen LogP contribution in [-0.2, 0) is 18.7 Å². The lowest BCUT2D eigenvalue weighted by molar-refractivity contribution is 0.102. The number of hydrogen-bond acceptors (Lipinski definition) is 8. The highest BCUT2D eigenvalue weighted by Gasteiger charge is 2.22. The van der Waals surface area contributed by atoms with Gasteiger partial charge in [-0.3, -0.25) is 15.2 Å². The number of carbonyl (C=O) groups excluding carboxylic acids is 1. The summed E-state index contributed by atoms with van der Waals surface area (Å²) < 4.78 is 0.837. The molecular formula is C14H14N6OS3. The Labute approximate surface area is 150 Å². The Bertz CT molecular complexity index is 841. The fourth-order valence-corrected chi connectivity index (χ4v) is 4.94. The minimum atomic E-state index is -0.248. The van der Waals surface area contributed by atoms with Crippen LogP contribution in [0, 0.1) is 0 Å². The van der Waals surface area contributed by atoms with Crippen LogP contribution >= 0.6 is 34.4 Å². The molecule has 0 saturated heterocycles. The molecular weight excluding hydrogens is 364 g/mol. The molecule has 1 aliphatic rings. The van der Waals surface area contributed by atoms with E-state index in [2.05, 4.69) is 42.5 Å². The summed E-state index contributed by atoms with van der Waals surface area (Å²) >= 11 is 4.72. The first-order chi connectivity index (χ1) is 11.8. The number of thioether (sulfide) groups is 1. The van der Waals surface area contributed by atoms with Crippen molar-refractivity contribution in [2.45, 2.75) is 23.1 Å². The van der Waals surface area contributed by atoms with Gasteiger partial charge in [0.15, 0.2) is 10.0 Å². The van der Waals surface area contributed by atoms with Gasteiger partial charge in [-0.25, -0.2) is 0 Å². The Morgan fingerprint density at radius 2 is 2.38 bits per heavy atom. The fourth-order valence-electron chi connectivity index (χ4n) is 2.42. The number of aromatic nitrogens is 4. The van der Waals surface area contributed by atoms with Gasteiger partial charge in [0.2, 0.25) is 5.13 Å². The third-order valence-electron chi connectivity index (χ3n) is 3.57. The molecule has 0 spiro atoms. The number of aromatic amines is 1. The van der Waals surface area contributed by atoms with Crippen molar-refractivity contribution < 1.29 is 4.79 Å². The lowest BCUT2D eigenvalue weighted by Gasteiger charge is -2.12. The van der Waals surface area contributed by atoms with Gasteiger partial charge >= 0.3 is 0 Å². The summed E-state index contributed by atoms with van der Waals surface area (Å²) in [5, 5.41) is 23.9. The molecule has 0 aromatic carbocycles. The highest BCUT2D eigenvalue weighted by molar-refractivity contribution is 8.00. The molecule has 3 aromatic heterocycles. The Hall–Kier alpha value is -1.75. The van der Waals surface area contributed by atoms with Crippen molar-refractivity contribution in [2.75, 3.05) is 11.9 Å². The predicted octanol–water partition coefficient (Wildman–Crippen LogP) is 2.51. The summed E-state index contributed by atoms with van der Waals surface area (Å²) in [4.78, 5) is 13.7. The third-order valence-corrected chi connectivity index (χ3v) is 6.65. The van der Waals surface area contributed by atoms with Crippen LogP contribution in [0.5, 0.6) is 0 Å². The number of H-pyrrole nitrogens is 1. The van der Waals surface area contributed by atoms with E-state index in [1.165, 1.54) is 16.2 Å². The Morgan fingerprint density at radius 1 is 1.42 bits per heavy atom. The van der Waals surface area contributed by atoms with Crippen molar-refractivity contribution in [3.63, 3.8) is 0 Å². The van der Waals surface area contributed by atoms with Gasteiger partial charge in [0, 0.05) is 41.4 Å². The second-order valence-corrected chi connectivity index (χ2v) is 8.38. The Kier molecular flexibility index (Phi) is 4.60. The van der Waals surface area contributed by atoms with Crippen LogP contribution in [0.1, 0.15) is 26.6 Å². The molecule has 0 aliphatic carbocycles. The van der Waals surface area contributed by atoms with E-state index in [9.17, 15) is 4.79 Å². The lowest BCUT2D eigenvalue weighted by Crippen LogP contribution is -2.25. The molecule has 3 aromatic rings. The molecule has 3 N–H and O–H groups in total. The second kappa shape index (κ2) is 7.01. The maximum absolute atomic E-state index is 12.4. The van der Waals surface area contributed by atoms with Crippen LogP contribution in [0.15, 0.2) is 21.9 Å². The average Bonchev–Trinajstić information content (AvgIpc) is 3.33. The van der Waals surface area contributed by atoms with E-state index in [0.717, 1.165) is 34.3 Å². The molecule has 7 nitrogen and oxygen atoms in total. The highest BCUT2D eigenvalue weighted by Crippen LogP contribution is 2.29. The van der Waals surface area contributed by atoms with Crippen molar-refractivity contribution in [3.8, 4) is 0 Å². The van der Waals surface area contributed by atoms with Gasteiger partial charge in [-0.1, -0.05) is 29.2 Å². The smallest absolute Gasteiger partial charge is 0.278 e. The van der Waals surface area contributed by atoms with E-state index >= 15 is 0 Å². The second-order valence-electron chi connectivity index (χ2n) is 5.15. The molecule has 0 saturated carbocycles. The number of carbonyl (C=O) groups is 1. The Morgan fingerprint density at radius 3 is 3.25 bits per heavy atom. The number of nitrogens with one attached hydrogen (secondary N) is 3. The van der Waals surface area contributed by atoms with Gasteiger partial charge in [0.25, 0.3) is 5.91 Å². The number of hydrogen-bond donors (Lipinski definition) is 3. The number of thiophene rings is 1. The summed E-state index contributed by atoms with van der Waals surface area (Å²) in [7, 11) is 0. The van der Waals surface area contributed by atoms with Crippen molar-refractivity contribution in [3.05, 3.63) is 39.3 Å². The van der Waals surface area contributed by atoms with Crippen molar-refractivity contribution in [1.82, 2.24) is 25.7 Å². The number of anilines is 1. The zero-order valence-corrected chi connectivity index (χ0v) is 15.0. The average molecular weight is 379 g/mol. The van der Waals surface area contributed by atoms with E-state index in [1.54, 1.807) is 23.1 Å². The first kappa shape index (κ1) is 15.8. The minimum Gasteiger partial charge on any atom is -0.312 e. The number of fused-ring (bicyclic) bond motifs is 1. The Balaban J connectivity index is 1.40. The molecule has 0 bridgehead atoms. The molecule has 0 unspecified atom stereocenters. The first-order valence-corrected chi connectivity index (χ1v) is 10.0. The van der Waals surface area contributed by atoms with Crippen LogP contribution < -0.4 is 10.6 Å². The molecule has 124 valence electrons. The largest absolute Gasteiger partial charge is 0.312 e. The predicted molar refractivity (Wildman–Crippen MR) is 95.7 cm³/mol. The lowest BCUT2D eigenvalue weighted by atomic mass is 10.1. The fraction of sp³-hybridized carbons (Fsp3) is 0.286. The molecule has 4 rings (SSSR count). The van der Waals surface area contributed by atoms with E-state index < -0.39 is 0 Å². The van der Waals surface area contributed by atoms with Crippen LogP contribution in [0.3, 0.4) is 0 Å². The summed E-state index contributed by atoms with van der Waals surface area (Å²) in [5.41, 5.74) is 2.40. The first-order valence-electron chi connectivity index (χ1n) is 7.36. The monoisotopic (exact) mass is 378 g/mol. The quantitative estimate of drug-likeness (QED) is 0.466. The molecule has 1 amide bonds. The molecule has 24 heavy (non-hydrogen) atoms. The normalized spacial score (nSPS) is 13.7. The molecule has 0 radical (unpaired) electrons. The maximum Gasteiger partial charge on any atom is 0.278 e. The molecule has 4 heterocycles. The highest BCUT2D eigenvalue weighted by atomic mass is 32.2. The van der Waals surface area contributed by atoms with Crippen LogP contribution in [0.4, 0.5) is 5.13 Å². The SMILES string of the molecule is O=C(Nc1nnc(SCc2cccs2)s1)c1n[nH]c2c1CNCC2. The van der Waals surface area contributed by atoms with Gasteiger partial charge in [-0.15, -0.1) is 21.5 Å². The molecule has 0 atom stereocenters. The van der Waals surface area contributed by atoms with Gasteiger partial charge in [0.1, 0.15) is 0 Å². The zero-order valence-electron chi connectivity index (χ0n) is 12.5. The minimum absolute atomic E-state index is 0.248. The third kappa shape index (κ3) is 3.36.